The number of rotatable bonds is 5. The zero-order valence-electron chi connectivity index (χ0n) is 10.7. The van der Waals surface area contributed by atoms with Crippen molar-refractivity contribution in [3.05, 3.63) is 35.9 Å². The van der Waals surface area contributed by atoms with E-state index in [1.54, 1.807) is 0 Å². The Bertz CT molecular complexity index is 412. The summed E-state index contributed by atoms with van der Waals surface area (Å²) < 4.78 is 5.73. The highest BCUT2D eigenvalue weighted by Crippen LogP contribution is 2.51. The summed E-state index contributed by atoms with van der Waals surface area (Å²) in [6.45, 7) is 1.54. The third-order valence-corrected chi connectivity index (χ3v) is 4.36. The molecule has 0 radical (unpaired) electrons. The van der Waals surface area contributed by atoms with Gasteiger partial charge in [0, 0.05) is 18.9 Å². The molecule has 2 nitrogen and oxygen atoms in total. The molecule has 3 rings (SSSR count). The summed E-state index contributed by atoms with van der Waals surface area (Å²) in [5.41, 5.74) is 1.24. The summed E-state index contributed by atoms with van der Waals surface area (Å²) in [6, 6.07) is 10.3. The molecule has 18 heavy (non-hydrogen) atoms. The lowest BCUT2D eigenvalue weighted by atomic mass is 9.86. The Kier molecular flexibility index (Phi) is 3.46. The molecule has 2 heteroatoms. The molecule has 0 bridgehead atoms. The van der Waals surface area contributed by atoms with E-state index in [9.17, 15) is 4.79 Å². The molecule has 0 saturated heterocycles. The van der Waals surface area contributed by atoms with E-state index in [2.05, 4.69) is 12.1 Å². The van der Waals surface area contributed by atoms with Crippen LogP contribution in [-0.4, -0.2) is 12.4 Å². The van der Waals surface area contributed by atoms with E-state index in [-0.39, 0.29) is 0 Å². The van der Waals surface area contributed by atoms with Gasteiger partial charge in [-0.1, -0.05) is 30.3 Å². The van der Waals surface area contributed by atoms with E-state index in [1.807, 2.05) is 18.2 Å². The molecule has 0 heterocycles. The summed E-state index contributed by atoms with van der Waals surface area (Å²) in [6.07, 6.45) is 4.18. The van der Waals surface area contributed by atoms with Crippen LogP contribution < -0.4 is 0 Å². The maximum absolute atomic E-state index is 11.5. The van der Waals surface area contributed by atoms with Crippen LogP contribution in [-0.2, 0) is 16.1 Å². The number of hydrogen-bond acceptors (Lipinski definition) is 2. The lowest BCUT2D eigenvalue weighted by molar-refractivity contribution is -0.122. The molecular formula is C16H20O2. The Morgan fingerprint density at radius 3 is 2.89 bits per heavy atom. The van der Waals surface area contributed by atoms with Crippen molar-refractivity contribution < 1.29 is 9.53 Å². The Morgan fingerprint density at radius 1 is 1.22 bits per heavy atom. The fraction of sp³-hybridized carbons (Fsp3) is 0.562. The molecule has 0 N–H and O–H groups in total. The molecule has 3 atom stereocenters. The fourth-order valence-electron chi connectivity index (χ4n) is 3.19. The van der Waals surface area contributed by atoms with Crippen molar-refractivity contribution in [2.24, 2.45) is 17.8 Å². The van der Waals surface area contributed by atoms with Gasteiger partial charge in [-0.2, -0.15) is 0 Å². The topological polar surface area (TPSA) is 26.3 Å². The summed E-state index contributed by atoms with van der Waals surface area (Å²) >= 11 is 0. The van der Waals surface area contributed by atoms with Crippen molar-refractivity contribution in [3.63, 3.8) is 0 Å². The molecule has 1 aromatic carbocycles. The Morgan fingerprint density at radius 2 is 2.06 bits per heavy atom. The quantitative estimate of drug-likeness (QED) is 0.743. The zero-order valence-corrected chi connectivity index (χ0v) is 10.7. The predicted molar refractivity (Wildman–Crippen MR) is 70.0 cm³/mol. The number of ketones is 1. The highest BCUT2D eigenvalue weighted by Gasteiger charge is 2.49. The van der Waals surface area contributed by atoms with Gasteiger partial charge in [0.15, 0.2) is 0 Å². The number of benzene rings is 1. The molecule has 0 spiro atoms. The first-order valence-electron chi connectivity index (χ1n) is 6.99. The number of Topliss-reactive ketones (excluding diaryl/α,β-unsaturated/α-hetero) is 1. The highest BCUT2D eigenvalue weighted by atomic mass is 16.5. The van der Waals surface area contributed by atoms with Crippen LogP contribution in [0.25, 0.3) is 0 Å². The van der Waals surface area contributed by atoms with Gasteiger partial charge < -0.3 is 4.74 Å². The molecule has 1 aromatic rings. The molecule has 2 aliphatic rings. The summed E-state index contributed by atoms with van der Waals surface area (Å²) in [4.78, 5) is 11.5. The number of ether oxygens (including phenoxy) is 1. The fourth-order valence-corrected chi connectivity index (χ4v) is 3.19. The van der Waals surface area contributed by atoms with Crippen LogP contribution in [0.2, 0.25) is 0 Å². The third kappa shape index (κ3) is 2.64. The molecular weight excluding hydrogens is 224 g/mol. The van der Waals surface area contributed by atoms with Gasteiger partial charge in [-0.25, -0.2) is 0 Å². The van der Waals surface area contributed by atoms with Crippen molar-refractivity contribution in [2.45, 2.75) is 32.3 Å². The second-order valence-corrected chi connectivity index (χ2v) is 5.60. The van der Waals surface area contributed by atoms with Crippen molar-refractivity contribution in [1.82, 2.24) is 0 Å². The molecule has 0 aromatic heterocycles. The average molecular weight is 244 g/mol. The van der Waals surface area contributed by atoms with E-state index in [0.29, 0.717) is 24.2 Å². The van der Waals surface area contributed by atoms with Crippen LogP contribution in [0.5, 0.6) is 0 Å². The van der Waals surface area contributed by atoms with Crippen molar-refractivity contribution in [1.29, 1.82) is 0 Å². The minimum Gasteiger partial charge on any atom is -0.377 e. The maximum Gasteiger partial charge on any atom is 0.136 e. The van der Waals surface area contributed by atoms with Crippen LogP contribution in [0.15, 0.2) is 30.3 Å². The van der Waals surface area contributed by atoms with Crippen LogP contribution in [0.1, 0.15) is 31.2 Å². The first-order chi connectivity index (χ1) is 8.84. The van der Waals surface area contributed by atoms with Gasteiger partial charge in [-0.15, -0.1) is 0 Å². The maximum atomic E-state index is 11.5. The molecule has 2 aliphatic carbocycles. The van der Waals surface area contributed by atoms with Crippen LogP contribution >= 0.6 is 0 Å². The van der Waals surface area contributed by atoms with E-state index in [4.69, 9.17) is 4.74 Å². The SMILES string of the molecule is O=C1CC[C@@H](CCOCc2ccccc2)[C@@H]2C[C@H]12. The minimum absolute atomic E-state index is 0.429. The number of carbonyl (C=O) groups excluding carboxylic acids is 1. The minimum atomic E-state index is 0.429. The number of fused-ring (bicyclic) bond motifs is 1. The van der Waals surface area contributed by atoms with Crippen molar-refractivity contribution in [2.75, 3.05) is 6.61 Å². The van der Waals surface area contributed by atoms with E-state index >= 15 is 0 Å². The summed E-state index contributed by atoms with van der Waals surface area (Å²) in [5.74, 6) is 2.38. The smallest absolute Gasteiger partial charge is 0.136 e. The van der Waals surface area contributed by atoms with Crippen LogP contribution in [0.3, 0.4) is 0 Å². The van der Waals surface area contributed by atoms with Gasteiger partial charge in [-0.05, 0) is 36.7 Å². The molecule has 0 unspecified atom stereocenters. The van der Waals surface area contributed by atoms with Gasteiger partial charge in [0.05, 0.1) is 6.61 Å². The first-order valence-corrected chi connectivity index (χ1v) is 6.99. The van der Waals surface area contributed by atoms with Crippen molar-refractivity contribution >= 4 is 5.78 Å². The largest absolute Gasteiger partial charge is 0.377 e. The molecule has 2 saturated carbocycles. The lowest BCUT2D eigenvalue weighted by Gasteiger charge is -2.20. The Labute approximate surface area is 108 Å². The summed E-state index contributed by atoms with van der Waals surface area (Å²) in [5, 5.41) is 0. The molecule has 0 amide bonds. The van der Waals surface area contributed by atoms with Crippen LogP contribution in [0.4, 0.5) is 0 Å². The van der Waals surface area contributed by atoms with Gasteiger partial charge in [-0.3, -0.25) is 4.79 Å². The second kappa shape index (κ2) is 5.23. The number of hydrogen-bond donors (Lipinski definition) is 0. The lowest BCUT2D eigenvalue weighted by Crippen LogP contribution is -2.18. The second-order valence-electron chi connectivity index (χ2n) is 5.60. The Hall–Kier alpha value is -1.15. The average Bonchev–Trinajstić information content (AvgIpc) is 3.19. The standard InChI is InChI=1S/C16H20O2/c17-16-7-6-13(14-10-15(14)16)8-9-18-11-12-4-2-1-3-5-12/h1-5,13-15H,6-11H2/t13-,14-,15-/m0/s1. The summed E-state index contributed by atoms with van der Waals surface area (Å²) in [7, 11) is 0. The highest BCUT2D eigenvalue weighted by molar-refractivity contribution is 5.84. The van der Waals surface area contributed by atoms with Gasteiger partial charge in [0.25, 0.3) is 0 Å². The third-order valence-electron chi connectivity index (χ3n) is 4.36. The predicted octanol–water partition coefficient (Wildman–Crippen LogP) is 3.21. The van der Waals surface area contributed by atoms with Crippen molar-refractivity contribution in [3.8, 4) is 0 Å². The normalized spacial score (nSPS) is 30.0. The number of carbonyl (C=O) groups is 1. The van der Waals surface area contributed by atoms with Crippen LogP contribution in [0, 0.1) is 17.8 Å². The molecule has 96 valence electrons. The Balaban J connectivity index is 1.37. The van der Waals surface area contributed by atoms with Gasteiger partial charge >= 0.3 is 0 Å². The van der Waals surface area contributed by atoms with E-state index in [1.165, 1.54) is 5.56 Å². The van der Waals surface area contributed by atoms with Gasteiger partial charge in [0.1, 0.15) is 5.78 Å². The van der Waals surface area contributed by atoms with E-state index in [0.717, 1.165) is 38.2 Å². The first kappa shape index (κ1) is 11.9. The monoisotopic (exact) mass is 244 g/mol. The molecule has 0 aliphatic heterocycles. The molecule has 2 fully saturated rings. The van der Waals surface area contributed by atoms with Gasteiger partial charge in [0.2, 0.25) is 0 Å². The zero-order chi connectivity index (χ0) is 12.4. The van der Waals surface area contributed by atoms with E-state index < -0.39 is 0 Å².